The van der Waals surface area contributed by atoms with Gasteiger partial charge in [-0.3, -0.25) is 0 Å². The molecule has 0 heterocycles. The van der Waals surface area contributed by atoms with Gasteiger partial charge in [-0.15, -0.1) is 10.5 Å². The summed E-state index contributed by atoms with van der Waals surface area (Å²) in [5, 5.41) is 6.57. The lowest BCUT2D eigenvalue weighted by atomic mass is 10.2. The fourth-order valence-corrected chi connectivity index (χ4v) is 2.48. The highest BCUT2D eigenvalue weighted by atomic mass is 32.1. The first-order valence-electron chi connectivity index (χ1n) is 8.27. The van der Waals surface area contributed by atoms with Crippen LogP contribution in [0.3, 0.4) is 0 Å². The summed E-state index contributed by atoms with van der Waals surface area (Å²) in [6.45, 7) is 0.543. The molecule has 3 aromatic carbocycles. The Morgan fingerprint density at radius 1 is 0.923 bits per heavy atom. The number of benzene rings is 3. The van der Waals surface area contributed by atoms with Crippen LogP contribution in [0.1, 0.15) is 11.1 Å². The minimum absolute atomic E-state index is 0.490. The monoisotopic (exact) mass is 362 g/mol. The highest BCUT2D eigenvalue weighted by Gasteiger charge is 2.00. The average molecular weight is 362 g/mol. The lowest BCUT2D eigenvalue weighted by molar-refractivity contribution is -0.499. The fourth-order valence-electron chi connectivity index (χ4n) is 2.30. The number of para-hydroxylation sites is 1. The largest absolute Gasteiger partial charge is 0.489 e. The zero-order valence-electron chi connectivity index (χ0n) is 14.2. The predicted molar refractivity (Wildman–Crippen MR) is 109 cm³/mol. The normalized spacial score (nSPS) is 10.5. The van der Waals surface area contributed by atoms with Gasteiger partial charge in [-0.2, -0.15) is 0 Å². The van der Waals surface area contributed by atoms with Crippen molar-refractivity contribution in [3.8, 4) is 5.75 Å². The second-order valence-corrected chi connectivity index (χ2v) is 5.99. The van der Waals surface area contributed by atoms with E-state index in [0.29, 0.717) is 11.7 Å². The summed E-state index contributed by atoms with van der Waals surface area (Å²) >= 11 is 5.24. The molecule has 0 aliphatic carbocycles. The second kappa shape index (κ2) is 9.34. The first-order chi connectivity index (χ1) is 12.8. The summed E-state index contributed by atoms with van der Waals surface area (Å²) in [5.74, 6) is 0.814. The van der Waals surface area contributed by atoms with E-state index in [4.69, 9.17) is 17.0 Å². The third-order valence-electron chi connectivity index (χ3n) is 3.56. The zero-order chi connectivity index (χ0) is 18.0. The molecule has 0 bridgehead atoms. The second-order valence-electron chi connectivity index (χ2n) is 5.58. The fraction of sp³-hybridized carbons (Fsp3) is 0.0476. The number of nitrogens with one attached hydrogen (secondary N) is 3. The molecule has 0 radical (unpaired) electrons. The molecule has 0 fully saturated rings. The van der Waals surface area contributed by atoms with Crippen LogP contribution in [-0.2, 0) is 6.61 Å². The summed E-state index contributed by atoms with van der Waals surface area (Å²) in [6, 6.07) is 27.7. The van der Waals surface area contributed by atoms with Gasteiger partial charge in [-0.1, -0.05) is 54.6 Å². The number of hydrazone groups is 1. The lowest BCUT2D eigenvalue weighted by Gasteiger charge is -2.06. The van der Waals surface area contributed by atoms with E-state index < -0.39 is 0 Å². The number of hydrazine groups is 1. The van der Waals surface area contributed by atoms with Crippen LogP contribution in [-0.4, -0.2) is 11.3 Å². The van der Waals surface area contributed by atoms with Crippen LogP contribution in [0.2, 0.25) is 0 Å². The lowest BCUT2D eigenvalue weighted by Crippen LogP contribution is -2.82. The van der Waals surface area contributed by atoms with Gasteiger partial charge in [-0.05, 0) is 48.1 Å². The Kier molecular flexibility index (Phi) is 6.34. The molecule has 130 valence electrons. The molecule has 0 aromatic heterocycles. The maximum absolute atomic E-state index is 5.83. The van der Waals surface area contributed by atoms with Gasteiger partial charge in [0.2, 0.25) is 5.11 Å². The quantitative estimate of drug-likeness (QED) is 0.358. The smallest absolute Gasteiger partial charge is 0.228 e. The van der Waals surface area contributed by atoms with Crippen LogP contribution in [0.5, 0.6) is 5.75 Å². The van der Waals surface area contributed by atoms with Crippen molar-refractivity contribution in [2.45, 2.75) is 6.61 Å². The molecule has 3 N–H and O–H groups in total. The van der Waals surface area contributed by atoms with Crippen LogP contribution >= 0.6 is 12.2 Å². The number of thiocarbonyl (C=S) groups is 1. The van der Waals surface area contributed by atoms with Crippen molar-refractivity contribution in [1.82, 2.24) is 5.43 Å². The van der Waals surface area contributed by atoms with Crippen molar-refractivity contribution in [2.75, 3.05) is 5.32 Å². The molecule has 3 aromatic rings. The third kappa shape index (κ3) is 5.72. The van der Waals surface area contributed by atoms with E-state index in [2.05, 4.69) is 15.8 Å². The number of hydrogen-bond donors (Lipinski definition) is 3. The van der Waals surface area contributed by atoms with Gasteiger partial charge in [0, 0.05) is 11.3 Å². The SMILES string of the molecule is S=C(N[NH+]=Cc1cccc(OCc2ccccc2)c1)Nc1ccccc1. The van der Waals surface area contributed by atoms with Crippen molar-refractivity contribution in [2.24, 2.45) is 0 Å². The molecule has 0 unspecified atom stereocenters. The molecule has 0 amide bonds. The van der Waals surface area contributed by atoms with Gasteiger partial charge in [0.1, 0.15) is 12.4 Å². The minimum Gasteiger partial charge on any atom is -0.489 e. The van der Waals surface area contributed by atoms with E-state index >= 15 is 0 Å². The van der Waals surface area contributed by atoms with Gasteiger partial charge in [0.25, 0.3) is 0 Å². The van der Waals surface area contributed by atoms with E-state index in [1.165, 1.54) is 0 Å². The molecule has 0 spiro atoms. The minimum atomic E-state index is 0.490. The van der Waals surface area contributed by atoms with E-state index in [9.17, 15) is 0 Å². The molecule has 5 heteroatoms. The van der Waals surface area contributed by atoms with E-state index in [1.807, 2.05) is 91.1 Å². The number of ether oxygens (including phenoxy) is 1. The Hall–Kier alpha value is -3.18. The Morgan fingerprint density at radius 2 is 1.65 bits per heavy atom. The van der Waals surface area contributed by atoms with E-state index in [-0.39, 0.29) is 0 Å². The van der Waals surface area contributed by atoms with Crippen LogP contribution in [0.15, 0.2) is 84.9 Å². The molecule has 26 heavy (non-hydrogen) atoms. The van der Waals surface area contributed by atoms with Gasteiger partial charge in [-0.25, -0.2) is 0 Å². The van der Waals surface area contributed by atoms with Gasteiger partial charge in [0.05, 0.1) is 0 Å². The average Bonchev–Trinajstić information content (AvgIpc) is 2.68. The molecule has 0 aliphatic rings. The first-order valence-corrected chi connectivity index (χ1v) is 8.68. The van der Waals surface area contributed by atoms with Crippen LogP contribution in [0.25, 0.3) is 0 Å². The summed E-state index contributed by atoms with van der Waals surface area (Å²) in [5.41, 5.74) is 5.98. The topological polar surface area (TPSA) is 47.3 Å². The number of anilines is 1. The van der Waals surface area contributed by atoms with Crippen LogP contribution in [0.4, 0.5) is 5.69 Å². The molecular formula is C21H20N3OS+. The maximum atomic E-state index is 5.83. The van der Waals surface area contributed by atoms with Gasteiger partial charge in [0.15, 0.2) is 6.21 Å². The molecule has 0 atom stereocenters. The van der Waals surface area contributed by atoms with Gasteiger partial charge >= 0.3 is 0 Å². The van der Waals surface area contributed by atoms with E-state index in [0.717, 1.165) is 22.6 Å². The Balaban J connectivity index is 1.51. The van der Waals surface area contributed by atoms with Crippen LogP contribution < -0.4 is 20.6 Å². The summed E-state index contributed by atoms with van der Waals surface area (Å²) in [7, 11) is 0. The number of hydrogen-bond acceptors (Lipinski definition) is 2. The number of rotatable bonds is 6. The van der Waals surface area contributed by atoms with Crippen molar-refractivity contribution in [1.29, 1.82) is 0 Å². The first kappa shape index (κ1) is 17.6. The summed E-state index contributed by atoms with van der Waals surface area (Å²) < 4.78 is 5.83. The molecule has 0 saturated carbocycles. The van der Waals surface area contributed by atoms with Gasteiger partial charge < -0.3 is 10.1 Å². The summed E-state index contributed by atoms with van der Waals surface area (Å²) in [4.78, 5) is 0. The zero-order valence-corrected chi connectivity index (χ0v) is 15.0. The Labute approximate surface area is 158 Å². The Morgan fingerprint density at radius 3 is 2.42 bits per heavy atom. The highest BCUT2D eigenvalue weighted by molar-refractivity contribution is 7.80. The van der Waals surface area contributed by atoms with Crippen molar-refractivity contribution >= 4 is 29.2 Å². The van der Waals surface area contributed by atoms with Crippen molar-refractivity contribution < 1.29 is 9.84 Å². The molecule has 0 aliphatic heterocycles. The highest BCUT2D eigenvalue weighted by Crippen LogP contribution is 2.13. The maximum Gasteiger partial charge on any atom is 0.228 e. The predicted octanol–water partition coefficient (Wildman–Crippen LogP) is 2.67. The Bertz CT molecular complexity index is 867. The third-order valence-corrected chi connectivity index (χ3v) is 3.77. The van der Waals surface area contributed by atoms with E-state index in [1.54, 1.807) is 0 Å². The van der Waals surface area contributed by atoms with Crippen molar-refractivity contribution in [3.05, 3.63) is 96.1 Å². The molecule has 3 rings (SSSR count). The molecule has 0 saturated heterocycles. The molecule has 4 nitrogen and oxygen atoms in total. The van der Waals surface area contributed by atoms with Crippen molar-refractivity contribution in [3.63, 3.8) is 0 Å². The summed E-state index contributed by atoms with van der Waals surface area (Å²) in [6.07, 6.45) is 1.83. The molecular weight excluding hydrogens is 342 g/mol. The standard InChI is InChI=1S/C21H19N3OS/c26-21(23-19-11-5-2-6-12-19)24-22-15-18-10-7-13-20(14-18)25-16-17-8-3-1-4-9-17/h1-15H,16H2,(H2,23,24,26)/p+1. The van der Waals surface area contributed by atoms with Crippen LogP contribution in [0, 0.1) is 0 Å².